The Bertz CT molecular complexity index is 355. The first-order valence-electron chi connectivity index (χ1n) is 7.89. The summed E-state index contributed by atoms with van der Waals surface area (Å²) in [7, 11) is 0. The largest absolute Gasteiger partial charge is 0.481 e. The van der Waals surface area contributed by atoms with E-state index >= 15 is 0 Å². The van der Waals surface area contributed by atoms with E-state index in [-0.39, 0.29) is 12.5 Å². The highest BCUT2D eigenvalue weighted by Crippen LogP contribution is 2.29. The Morgan fingerprint density at radius 3 is 2.65 bits per heavy atom. The van der Waals surface area contributed by atoms with Gasteiger partial charge in [0.05, 0.1) is 0 Å². The summed E-state index contributed by atoms with van der Waals surface area (Å²) in [4.78, 5) is 27.2. The fourth-order valence-corrected chi connectivity index (χ4v) is 3.05. The lowest BCUT2D eigenvalue weighted by Gasteiger charge is -2.36. The first kappa shape index (κ1) is 15.1. The van der Waals surface area contributed by atoms with Crippen LogP contribution in [0.2, 0.25) is 0 Å². The Morgan fingerprint density at radius 1 is 1.30 bits per heavy atom. The predicted octanol–water partition coefficient (Wildman–Crippen LogP) is 2.56. The number of carboxylic acids is 1. The van der Waals surface area contributed by atoms with Crippen LogP contribution in [0.25, 0.3) is 0 Å². The van der Waals surface area contributed by atoms with Crippen molar-refractivity contribution in [1.82, 2.24) is 9.80 Å². The second-order valence-electron chi connectivity index (χ2n) is 6.09. The lowest BCUT2D eigenvalue weighted by Crippen LogP contribution is -2.48. The summed E-state index contributed by atoms with van der Waals surface area (Å²) in [5.74, 6) is -0.384. The molecule has 0 aromatic rings. The van der Waals surface area contributed by atoms with Crippen molar-refractivity contribution in [3.05, 3.63) is 0 Å². The van der Waals surface area contributed by atoms with Crippen molar-refractivity contribution in [2.75, 3.05) is 19.6 Å². The molecule has 1 N–H and O–H groups in total. The molecule has 0 spiro atoms. The lowest BCUT2D eigenvalue weighted by molar-refractivity contribution is -0.137. The molecule has 2 aliphatic rings. The Balaban J connectivity index is 1.86. The summed E-state index contributed by atoms with van der Waals surface area (Å²) in [5, 5.41) is 8.77. The number of likely N-dealkylation sites (tertiary alicyclic amines) is 1. The van der Waals surface area contributed by atoms with Gasteiger partial charge >= 0.3 is 12.0 Å². The van der Waals surface area contributed by atoms with Crippen molar-refractivity contribution < 1.29 is 14.7 Å². The van der Waals surface area contributed by atoms with E-state index in [2.05, 4.69) is 6.92 Å². The maximum Gasteiger partial charge on any atom is 0.320 e. The van der Waals surface area contributed by atoms with Gasteiger partial charge in [0.1, 0.15) is 0 Å². The Labute approximate surface area is 120 Å². The molecule has 2 fully saturated rings. The van der Waals surface area contributed by atoms with Gasteiger partial charge in [-0.3, -0.25) is 4.79 Å². The highest BCUT2D eigenvalue weighted by Gasteiger charge is 2.35. The number of carbonyl (C=O) groups excluding carboxylic acids is 1. The molecule has 20 heavy (non-hydrogen) atoms. The average molecular weight is 282 g/mol. The predicted molar refractivity (Wildman–Crippen MR) is 76.6 cm³/mol. The summed E-state index contributed by atoms with van der Waals surface area (Å²) < 4.78 is 0. The molecule has 114 valence electrons. The molecule has 2 amide bonds. The molecule has 1 heterocycles. The van der Waals surface area contributed by atoms with E-state index < -0.39 is 5.97 Å². The summed E-state index contributed by atoms with van der Waals surface area (Å²) in [6.07, 6.45) is 6.24. The van der Waals surface area contributed by atoms with E-state index in [0.717, 1.165) is 51.7 Å². The minimum absolute atomic E-state index is 0.175. The van der Waals surface area contributed by atoms with Gasteiger partial charge in [-0.2, -0.15) is 0 Å². The van der Waals surface area contributed by atoms with Crippen LogP contribution in [0.5, 0.6) is 0 Å². The van der Waals surface area contributed by atoms with Crippen LogP contribution in [0.3, 0.4) is 0 Å². The van der Waals surface area contributed by atoms with Crippen LogP contribution in [0, 0.1) is 5.92 Å². The molecule has 1 atom stereocenters. The van der Waals surface area contributed by atoms with Crippen LogP contribution in [0.4, 0.5) is 4.79 Å². The third-order valence-electron chi connectivity index (χ3n) is 4.25. The number of piperidine rings is 1. The van der Waals surface area contributed by atoms with Crippen LogP contribution in [0.1, 0.15) is 51.9 Å². The Kier molecular flexibility index (Phi) is 5.26. The fourth-order valence-electron chi connectivity index (χ4n) is 3.05. The summed E-state index contributed by atoms with van der Waals surface area (Å²) in [6, 6.07) is 0.635. The van der Waals surface area contributed by atoms with Crippen LogP contribution >= 0.6 is 0 Å². The van der Waals surface area contributed by atoms with Crippen LogP contribution in [-0.2, 0) is 4.79 Å². The fraction of sp³-hybridized carbons (Fsp3) is 0.867. The molecule has 0 radical (unpaired) electrons. The zero-order valence-electron chi connectivity index (χ0n) is 12.4. The van der Waals surface area contributed by atoms with E-state index in [1.54, 1.807) is 0 Å². The van der Waals surface area contributed by atoms with Crippen molar-refractivity contribution in [2.45, 2.75) is 57.9 Å². The van der Waals surface area contributed by atoms with Gasteiger partial charge in [0.2, 0.25) is 0 Å². The van der Waals surface area contributed by atoms with E-state index in [1.807, 2.05) is 9.80 Å². The van der Waals surface area contributed by atoms with Gasteiger partial charge in [0.15, 0.2) is 0 Å². The molecular formula is C15H26N2O3. The summed E-state index contributed by atoms with van der Waals surface area (Å²) in [6.45, 7) is 4.52. The molecule has 0 aromatic heterocycles. The van der Waals surface area contributed by atoms with Gasteiger partial charge in [-0.1, -0.05) is 6.92 Å². The van der Waals surface area contributed by atoms with Gasteiger partial charge in [-0.15, -0.1) is 0 Å². The van der Waals surface area contributed by atoms with Crippen molar-refractivity contribution in [3.63, 3.8) is 0 Å². The quantitative estimate of drug-likeness (QED) is 0.814. The van der Waals surface area contributed by atoms with Crippen molar-refractivity contribution in [3.8, 4) is 0 Å². The number of nitrogens with zero attached hydrogens (tertiary/aromatic N) is 2. The Hall–Kier alpha value is -1.26. The monoisotopic (exact) mass is 282 g/mol. The normalized spacial score (nSPS) is 22.6. The molecule has 1 saturated heterocycles. The van der Waals surface area contributed by atoms with Gasteiger partial charge in [0.25, 0.3) is 0 Å². The molecule has 0 aromatic carbocycles. The molecule has 1 aliphatic carbocycles. The van der Waals surface area contributed by atoms with Crippen LogP contribution < -0.4 is 0 Å². The van der Waals surface area contributed by atoms with E-state index in [4.69, 9.17) is 5.11 Å². The summed E-state index contributed by atoms with van der Waals surface area (Å²) >= 11 is 0. The number of urea groups is 1. The second kappa shape index (κ2) is 6.95. The zero-order valence-corrected chi connectivity index (χ0v) is 12.4. The minimum Gasteiger partial charge on any atom is -0.481 e. The first-order chi connectivity index (χ1) is 9.61. The number of carboxylic acid groups (broad SMARTS) is 1. The topological polar surface area (TPSA) is 60.9 Å². The molecule has 1 aliphatic heterocycles. The molecule has 2 rings (SSSR count). The second-order valence-corrected chi connectivity index (χ2v) is 6.09. The number of hydrogen-bond donors (Lipinski definition) is 1. The molecule has 5 nitrogen and oxygen atoms in total. The number of carbonyl (C=O) groups is 2. The Morgan fingerprint density at radius 2 is 2.05 bits per heavy atom. The van der Waals surface area contributed by atoms with Gasteiger partial charge in [0, 0.05) is 32.1 Å². The SMILES string of the molecule is CCCN(C(=O)N1CCCC(CCC(=O)O)C1)C1CC1. The van der Waals surface area contributed by atoms with Crippen LogP contribution in [-0.4, -0.2) is 52.6 Å². The number of hydrogen-bond acceptors (Lipinski definition) is 2. The van der Waals surface area contributed by atoms with Crippen LogP contribution in [0.15, 0.2) is 0 Å². The molecule has 0 bridgehead atoms. The standard InChI is InChI=1S/C15H26N2O3/c1-2-9-17(13-6-7-13)15(20)16-10-3-4-12(11-16)5-8-14(18)19/h12-13H,2-11H2,1H3,(H,18,19). The van der Waals surface area contributed by atoms with Gasteiger partial charge in [-0.05, 0) is 44.4 Å². The van der Waals surface area contributed by atoms with Crippen molar-refractivity contribution >= 4 is 12.0 Å². The lowest BCUT2D eigenvalue weighted by atomic mass is 9.93. The molecule has 1 unspecified atom stereocenters. The van der Waals surface area contributed by atoms with Gasteiger partial charge < -0.3 is 14.9 Å². The third kappa shape index (κ3) is 4.12. The third-order valence-corrected chi connectivity index (χ3v) is 4.25. The van der Waals surface area contributed by atoms with Crippen molar-refractivity contribution in [1.29, 1.82) is 0 Å². The van der Waals surface area contributed by atoms with E-state index in [0.29, 0.717) is 18.4 Å². The molecule has 5 heteroatoms. The maximum atomic E-state index is 12.6. The van der Waals surface area contributed by atoms with E-state index in [1.165, 1.54) is 0 Å². The maximum absolute atomic E-state index is 12.6. The smallest absolute Gasteiger partial charge is 0.320 e. The minimum atomic E-state index is -0.737. The highest BCUT2D eigenvalue weighted by atomic mass is 16.4. The van der Waals surface area contributed by atoms with Gasteiger partial charge in [-0.25, -0.2) is 4.79 Å². The summed E-state index contributed by atoms with van der Waals surface area (Å²) in [5.41, 5.74) is 0. The number of amides is 2. The average Bonchev–Trinajstić information content (AvgIpc) is 3.26. The number of aliphatic carboxylic acids is 1. The first-order valence-corrected chi connectivity index (χ1v) is 7.89. The molecular weight excluding hydrogens is 256 g/mol. The van der Waals surface area contributed by atoms with Crippen molar-refractivity contribution in [2.24, 2.45) is 5.92 Å². The van der Waals surface area contributed by atoms with E-state index in [9.17, 15) is 9.59 Å². The zero-order chi connectivity index (χ0) is 14.5. The highest BCUT2D eigenvalue weighted by molar-refractivity contribution is 5.75. The number of rotatable bonds is 6. The molecule has 1 saturated carbocycles.